The Labute approximate surface area is 141 Å². The Hall–Kier alpha value is -2.12. The monoisotopic (exact) mass is 361 g/mol. The number of nitro groups is 1. The molecule has 23 heavy (non-hydrogen) atoms. The van der Waals surface area contributed by atoms with Gasteiger partial charge in [-0.25, -0.2) is 4.79 Å². The SMILES string of the molecule is C=C(Cl)COC(=O)CC(C)OC(=O)c1cc([N+](=O)[O-])ccc1Cl. The summed E-state index contributed by atoms with van der Waals surface area (Å²) in [6, 6.07) is 3.40. The van der Waals surface area contributed by atoms with E-state index in [-0.39, 0.29) is 34.3 Å². The number of carbonyl (C=O) groups is 2. The van der Waals surface area contributed by atoms with Crippen LogP contribution in [0, 0.1) is 10.1 Å². The lowest BCUT2D eigenvalue weighted by atomic mass is 10.2. The number of rotatable bonds is 7. The van der Waals surface area contributed by atoms with Gasteiger partial charge in [0.15, 0.2) is 0 Å². The van der Waals surface area contributed by atoms with Gasteiger partial charge in [-0.15, -0.1) is 0 Å². The quantitative estimate of drug-likeness (QED) is 0.419. The van der Waals surface area contributed by atoms with Crippen molar-refractivity contribution in [2.24, 2.45) is 0 Å². The first kappa shape index (κ1) is 18.9. The summed E-state index contributed by atoms with van der Waals surface area (Å²) in [5.41, 5.74) is -0.454. The molecule has 0 aliphatic carbocycles. The highest BCUT2D eigenvalue weighted by Gasteiger charge is 2.20. The van der Waals surface area contributed by atoms with Crippen LogP contribution in [0.3, 0.4) is 0 Å². The Morgan fingerprint density at radius 3 is 2.65 bits per heavy atom. The number of hydrogen-bond donors (Lipinski definition) is 0. The molecule has 1 aromatic carbocycles. The van der Waals surface area contributed by atoms with Crippen molar-refractivity contribution in [2.45, 2.75) is 19.4 Å². The molecule has 0 radical (unpaired) electrons. The zero-order valence-electron chi connectivity index (χ0n) is 12.1. The molecular formula is C14H13Cl2NO6. The molecule has 1 aromatic rings. The van der Waals surface area contributed by atoms with E-state index >= 15 is 0 Å². The second kappa shape index (κ2) is 8.50. The fourth-order valence-electron chi connectivity index (χ4n) is 1.52. The Morgan fingerprint density at radius 1 is 1.43 bits per heavy atom. The lowest BCUT2D eigenvalue weighted by Crippen LogP contribution is -2.20. The van der Waals surface area contributed by atoms with Gasteiger partial charge in [-0.1, -0.05) is 29.8 Å². The van der Waals surface area contributed by atoms with Gasteiger partial charge in [-0.05, 0) is 13.0 Å². The van der Waals surface area contributed by atoms with Crippen molar-refractivity contribution in [3.8, 4) is 0 Å². The summed E-state index contributed by atoms with van der Waals surface area (Å²) < 4.78 is 9.79. The maximum atomic E-state index is 12.0. The van der Waals surface area contributed by atoms with Crippen LogP contribution in [-0.4, -0.2) is 29.6 Å². The van der Waals surface area contributed by atoms with E-state index in [0.717, 1.165) is 6.07 Å². The zero-order valence-corrected chi connectivity index (χ0v) is 13.6. The summed E-state index contributed by atoms with van der Waals surface area (Å²) in [6.07, 6.45) is -1.02. The smallest absolute Gasteiger partial charge is 0.340 e. The van der Waals surface area contributed by atoms with Crippen LogP contribution >= 0.6 is 23.2 Å². The maximum Gasteiger partial charge on any atom is 0.340 e. The molecule has 0 aliphatic heterocycles. The van der Waals surface area contributed by atoms with Crippen molar-refractivity contribution >= 4 is 40.8 Å². The molecule has 0 heterocycles. The lowest BCUT2D eigenvalue weighted by Gasteiger charge is -2.13. The molecular weight excluding hydrogens is 349 g/mol. The molecule has 1 unspecified atom stereocenters. The Balaban J connectivity index is 2.68. The standard InChI is InChI=1S/C14H13Cl2NO6/c1-8(15)7-22-13(18)5-9(2)23-14(19)11-6-10(17(20)21)3-4-12(11)16/h3-4,6,9H,1,5,7H2,2H3. The van der Waals surface area contributed by atoms with Gasteiger partial charge >= 0.3 is 11.9 Å². The third-order valence-electron chi connectivity index (χ3n) is 2.53. The Morgan fingerprint density at radius 2 is 2.09 bits per heavy atom. The van der Waals surface area contributed by atoms with Crippen LogP contribution in [0.5, 0.6) is 0 Å². The average Bonchev–Trinajstić information content (AvgIpc) is 2.44. The first-order valence-corrected chi connectivity index (χ1v) is 7.10. The molecule has 0 N–H and O–H groups in total. The third-order valence-corrected chi connectivity index (χ3v) is 2.97. The van der Waals surface area contributed by atoms with Crippen molar-refractivity contribution in [1.82, 2.24) is 0 Å². The predicted molar refractivity (Wildman–Crippen MR) is 83.6 cm³/mol. The summed E-state index contributed by atoms with van der Waals surface area (Å²) in [6.45, 7) is 4.69. The Bertz CT molecular complexity index is 646. The van der Waals surface area contributed by atoms with Gasteiger partial charge in [-0.3, -0.25) is 14.9 Å². The van der Waals surface area contributed by atoms with E-state index < -0.39 is 23.0 Å². The minimum atomic E-state index is -0.874. The highest BCUT2D eigenvalue weighted by Crippen LogP contribution is 2.23. The number of nitro benzene ring substituents is 1. The molecule has 0 bridgehead atoms. The van der Waals surface area contributed by atoms with E-state index in [1.807, 2.05) is 0 Å². The summed E-state index contributed by atoms with van der Waals surface area (Å²) in [5, 5.41) is 10.9. The van der Waals surface area contributed by atoms with Crippen molar-refractivity contribution in [2.75, 3.05) is 6.61 Å². The van der Waals surface area contributed by atoms with Gasteiger partial charge < -0.3 is 9.47 Å². The predicted octanol–water partition coefficient (Wildman–Crippen LogP) is 3.48. The molecule has 0 fully saturated rings. The number of carbonyl (C=O) groups excluding carboxylic acids is 2. The summed E-state index contributed by atoms with van der Waals surface area (Å²) in [7, 11) is 0. The number of ether oxygens (including phenoxy) is 2. The highest BCUT2D eigenvalue weighted by atomic mass is 35.5. The van der Waals surface area contributed by atoms with Gasteiger partial charge in [0, 0.05) is 17.2 Å². The van der Waals surface area contributed by atoms with Gasteiger partial charge in [-0.2, -0.15) is 0 Å². The molecule has 0 spiro atoms. The maximum absolute atomic E-state index is 12.0. The second-order valence-corrected chi connectivity index (χ2v) is 5.46. The lowest BCUT2D eigenvalue weighted by molar-refractivity contribution is -0.384. The van der Waals surface area contributed by atoms with E-state index in [4.69, 9.17) is 32.7 Å². The van der Waals surface area contributed by atoms with Crippen LogP contribution in [0.2, 0.25) is 5.02 Å². The van der Waals surface area contributed by atoms with Gasteiger partial charge in [0.05, 0.1) is 21.9 Å². The third kappa shape index (κ3) is 6.25. The van der Waals surface area contributed by atoms with Gasteiger partial charge in [0.1, 0.15) is 12.7 Å². The van der Waals surface area contributed by atoms with E-state index in [1.165, 1.54) is 19.1 Å². The normalized spacial score (nSPS) is 11.4. The van der Waals surface area contributed by atoms with Crippen LogP contribution in [0.15, 0.2) is 29.8 Å². The van der Waals surface area contributed by atoms with Gasteiger partial charge in [0.2, 0.25) is 0 Å². The fourth-order valence-corrected chi connectivity index (χ4v) is 1.77. The molecule has 7 nitrogen and oxygen atoms in total. The number of hydrogen-bond acceptors (Lipinski definition) is 6. The molecule has 1 atom stereocenters. The van der Waals surface area contributed by atoms with Crippen molar-refractivity contribution in [3.05, 3.63) is 50.5 Å². The molecule has 0 amide bonds. The fraction of sp³-hybridized carbons (Fsp3) is 0.286. The largest absolute Gasteiger partial charge is 0.460 e. The van der Waals surface area contributed by atoms with E-state index in [2.05, 4.69) is 6.58 Å². The van der Waals surface area contributed by atoms with Crippen LogP contribution in [0.1, 0.15) is 23.7 Å². The minimum Gasteiger partial charge on any atom is -0.460 e. The topological polar surface area (TPSA) is 95.7 Å². The van der Waals surface area contributed by atoms with Gasteiger partial charge in [0.25, 0.3) is 5.69 Å². The zero-order chi connectivity index (χ0) is 17.6. The molecule has 124 valence electrons. The van der Waals surface area contributed by atoms with Crippen molar-refractivity contribution in [3.63, 3.8) is 0 Å². The average molecular weight is 362 g/mol. The summed E-state index contributed by atoms with van der Waals surface area (Å²) in [4.78, 5) is 33.5. The number of halogens is 2. The first-order chi connectivity index (χ1) is 10.7. The van der Waals surface area contributed by atoms with Crippen LogP contribution in [0.4, 0.5) is 5.69 Å². The number of benzene rings is 1. The number of non-ortho nitro benzene ring substituents is 1. The summed E-state index contributed by atoms with van der Waals surface area (Å²) in [5.74, 6) is -1.50. The van der Waals surface area contributed by atoms with E-state index in [9.17, 15) is 19.7 Å². The van der Waals surface area contributed by atoms with Crippen molar-refractivity contribution < 1.29 is 24.0 Å². The van der Waals surface area contributed by atoms with E-state index in [0.29, 0.717) is 0 Å². The Kier molecular flexibility index (Phi) is 6.99. The highest BCUT2D eigenvalue weighted by molar-refractivity contribution is 6.33. The number of nitrogens with zero attached hydrogens (tertiary/aromatic N) is 1. The molecule has 9 heteroatoms. The van der Waals surface area contributed by atoms with Crippen LogP contribution in [-0.2, 0) is 14.3 Å². The second-order valence-electron chi connectivity index (χ2n) is 4.52. The molecule has 0 saturated heterocycles. The summed E-state index contributed by atoms with van der Waals surface area (Å²) >= 11 is 11.3. The van der Waals surface area contributed by atoms with E-state index in [1.54, 1.807) is 0 Å². The minimum absolute atomic E-state index is 0.00816. The molecule has 0 aliphatic rings. The molecule has 0 saturated carbocycles. The van der Waals surface area contributed by atoms with Crippen molar-refractivity contribution in [1.29, 1.82) is 0 Å². The first-order valence-electron chi connectivity index (χ1n) is 6.34. The molecule has 0 aromatic heterocycles. The number of esters is 2. The van der Waals surface area contributed by atoms with Crippen LogP contribution in [0.25, 0.3) is 0 Å². The van der Waals surface area contributed by atoms with Crippen LogP contribution < -0.4 is 0 Å². The molecule has 1 rings (SSSR count).